The molecule has 3 atom stereocenters. The van der Waals surface area contributed by atoms with E-state index in [0.29, 0.717) is 18.0 Å². The van der Waals surface area contributed by atoms with Gasteiger partial charge >= 0.3 is 0 Å². The van der Waals surface area contributed by atoms with Crippen molar-refractivity contribution in [3.63, 3.8) is 0 Å². The van der Waals surface area contributed by atoms with Crippen LogP contribution in [0.15, 0.2) is 24.3 Å². The SMILES string of the molecule is CC(C)C1CCCN1C1CCc2ccccc2C1O. The Hall–Kier alpha value is -0.860. The van der Waals surface area contributed by atoms with Gasteiger partial charge in [0.2, 0.25) is 0 Å². The molecule has 1 N–H and O–H groups in total. The Morgan fingerprint density at radius 1 is 1.21 bits per heavy atom. The minimum atomic E-state index is -0.302. The number of likely N-dealkylation sites (tertiary alicyclic amines) is 1. The molecule has 3 unspecified atom stereocenters. The fraction of sp³-hybridized carbons (Fsp3) is 0.647. The number of fused-ring (bicyclic) bond motifs is 1. The molecule has 2 heteroatoms. The Bertz CT molecular complexity index is 443. The van der Waals surface area contributed by atoms with Crippen molar-refractivity contribution in [3.8, 4) is 0 Å². The van der Waals surface area contributed by atoms with E-state index in [-0.39, 0.29) is 6.10 Å². The highest BCUT2D eigenvalue weighted by molar-refractivity contribution is 5.32. The third kappa shape index (κ3) is 2.32. The fourth-order valence-corrected chi connectivity index (χ4v) is 4.01. The van der Waals surface area contributed by atoms with E-state index in [0.717, 1.165) is 24.9 Å². The van der Waals surface area contributed by atoms with E-state index in [9.17, 15) is 5.11 Å². The predicted molar refractivity (Wildman–Crippen MR) is 78.1 cm³/mol. The topological polar surface area (TPSA) is 23.5 Å². The summed E-state index contributed by atoms with van der Waals surface area (Å²) in [5.74, 6) is 0.687. The number of aryl methyl sites for hydroxylation is 1. The first-order valence-corrected chi connectivity index (χ1v) is 7.70. The molecular weight excluding hydrogens is 234 g/mol. The van der Waals surface area contributed by atoms with Crippen molar-refractivity contribution in [3.05, 3.63) is 35.4 Å². The highest BCUT2D eigenvalue weighted by Crippen LogP contribution is 2.37. The average Bonchev–Trinajstić information content (AvgIpc) is 2.89. The molecule has 1 heterocycles. The second kappa shape index (κ2) is 5.26. The molecule has 3 rings (SSSR count). The van der Waals surface area contributed by atoms with Gasteiger partial charge in [-0.15, -0.1) is 0 Å². The number of hydrogen-bond donors (Lipinski definition) is 1. The first-order valence-electron chi connectivity index (χ1n) is 7.70. The van der Waals surface area contributed by atoms with E-state index in [1.807, 2.05) is 6.07 Å². The summed E-state index contributed by atoms with van der Waals surface area (Å²) in [7, 11) is 0. The summed E-state index contributed by atoms with van der Waals surface area (Å²) in [5.41, 5.74) is 2.50. The van der Waals surface area contributed by atoms with Crippen molar-refractivity contribution in [2.24, 2.45) is 5.92 Å². The number of rotatable bonds is 2. The van der Waals surface area contributed by atoms with Gasteiger partial charge in [-0.25, -0.2) is 0 Å². The number of aliphatic hydroxyl groups excluding tert-OH is 1. The highest BCUT2D eigenvalue weighted by atomic mass is 16.3. The van der Waals surface area contributed by atoms with Gasteiger partial charge in [0.05, 0.1) is 6.10 Å². The molecule has 0 radical (unpaired) electrons. The molecule has 19 heavy (non-hydrogen) atoms. The third-order valence-corrected chi connectivity index (χ3v) is 4.99. The van der Waals surface area contributed by atoms with Gasteiger partial charge in [-0.2, -0.15) is 0 Å². The summed E-state index contributed by atoms with van der Waals surface area (Å²) in [6.07, 6.45) is 4.49. The smallest absolute Gasteiger partial charge is 0.0948 e. The third-order valence-electron chi connectivity index (χ3n) is 4.99. The van der Waals surface area contributed by atoms with Gasteiger partial charge in [0.15, 0.2) is 0 Å². The molecule has 1 aromatic carbocycles. The summed E-state index contributed by atoms with van der Waals surface area (Å²) in [4.78, 5) is 2.59. The predicted octanol–water partition coefficient (Wildman–Crippen LogP) is 3.16. The van der Waals surface area contributed by atoms with Crippen molar-refractivity contribution >= 4 is 0 Å². The molecule has 2 nitrogen and oxygen atoms in total. The maximum atomic E-state index is 10.7. The summed E-state index contributed by atoms with van der Waals surface area (Å²) in [6.45, 7) is 5.78. The second-order valence-corrected chi connectivity index (χ2v) is 6.44. The Balaban J connectivity index is 1.84. The standard InChI is InChI=1S/C17H25NO/c1-12(2)15-8-5-11-18(15)16-10-9-13-6-3-4-7-14(13)17(16)19/h3-4,6-7,12,15-17,19H,5,8-11H2,1-2H3. The van der Waals surface area contributed by atoms with Gasteiger partial charge in [0, 0.05) is 12.1 Å². The largest absolute Gasteiger partial charge is 0.387 e. The van der Waals surface area contributed by atoms with Crippen LogP contribution in [0.5, 0.6) is 0 Å². The summed E-state index contributed by atoms with van der Waals surface area (Å²) >= 11 is 0. The zero-order valence-corrected chi connectivity index (χ0v) is 12.0. The van der Waals surface area contributed by atoms with Crippen molar-refractivity contribution in [2.45, 2.75) is 57.7 Å². The maximum Gasteiger partial charge on any atom is 0.0948 e. The van der Waals surface area contributed by atoms with Crippen LogP contribution in [0.4, 0.5) is 0 Å². The minimum Gasteiger partial charge on any atom is -0.387 e. The van der Waals surface area contributed by atoms with Crippen LogP contribution >= 0.6 is 0 Å². The zero-order chi connectivity index (χ0) is 13.4. The molecule has 1 saturated heterocycles. The van der Waals surface area contributed by atoms with Crippen LogP contribution in [-0.4, -0.2) is 28.6 Å². The number of benzene rings is 1. The Kier molecular flexibility index (Phi) is 3.64. The lowest BCUT2D eigenvalue weighted by molar-refractivity contribution is 0.0193. The summed E-state index contributed by atoms with van der Waals surface area (Å²) < 4.78 is 0. The van der Waals surface area contributed by atoms with Crippen LogP contribution in [0, 0.1) is 5.92 Å². The Labute approximate surface area is 116 Å². The maximum absolute atomic E-state index is 10.7. The summed E-state index contributed by atoms with van der Waals surface area (Å²) in [6, 6.07) is 9.38. The number of aliphatic hydroxyl groups is 1. The molecule has 1 aliphatic heterocycles. The molecule has 2 aliphatic rings. The van der Waals surface area contributed by atoms with E-state index in [4.69, 9.17) is 0 Å². The molecule has 1 aromatic rings. The molecule has 0 bridgehead atoms. The molecule has 1 aliphatic carbocycles. The molecule has 0 saturated carbocycles. The number of hydrogen-bond acceptors (Lipinski definition) is 2. The lowest BCUT2D eigenvalue weighted by atomic mass is 9.84. The lowest BCUT2D eigenvalue weighted by Crippen LogP contribution is -2.46. The van der Waals surface area contributed by atoms with Crippen molar-refractivity contribution in [2.75, 3.05) is 6.54 Å². The van der Waals surface area contributed by atoms with Gasteiger partial charge in [-0.1, -0.05) is 38.1 Å². The zero-order valence-electron chi connectivity index (χ0n) is 12.0. The van der Waals surface area contributed by atoms with Crippen LogP contribution in [-0.2, 0) is 6.42 Å². The highest BCUT2D eigenvalue weighted by Gasteiger charge is 2.38. The van der Waals surface area contributed by atoms with E-state index >= 15 is 0 Å². The monoisotopic (exact) mass is 259 g/mol. The van der Waals surface area contributed by atoms with E-state index < -0.39 is 0 Å². The van der Waals surface area contributed by atoms with Gasteiger partial charge in [-0.3, -0.25) is 4.90 Å². The van der Waals surface area contributed by atoms with Gasteiger partial charge in [-0.05, 0) is 49.3 Å². The van der Waals surface area contributed by atoms with Crippen LogP contribution in [0.1, 0.15) is 50.3 Å². The Morgan fingerprint density at radius 3 is 2.79 bits per heavy atom. The van der Waals surface area contributed by atoms with Gasteiger partial charge in [0.25, 0.3) is 0 Å². The molecule has 104 valence electrons. The van der Waals surface area contributed by atoms with E-state index in [1.54, 1.807) is 0 Å². The summed E-state index contributed by atoms with van der Waals surface area (Å²) in [5, 5.41) is 10.7. The normalized spacial score (nSPS) is 31.7. The van der Waals surface area contributed by atoms with Crippen LogP contribution < -0.4 is 0 Å². The average molecular weight is 259 g/mol. The molecule has 0 aromatic heterocycles. The minimum absolute atomic E-state index is 0.302. The van der Waals surface area contributed by atoms with Crippen LogP contribution in [0.2, 0.25) is 0 Å². The molecule has 1 fully saturated rings. The van der Waals surface area contributed by atoms with Gasteiger partial charge in [0.1, 0.15) is 0 Å². The van der Waals surface area contributed by atoms with Crippen LogP contribution in [0.25, 0.3) is 0 Å². The Morgan fingerprint density at radius 2 is 2.00 bits per heavy atom. The van der Waals surface area contributed by atoms with Crippen LogP contribution in [0.3, 0.4) is 0 Å². The molecule has 0 amide bonds. The van der Waals surface area contributed by atoms with Crippen molar-refractivity contribution < 1.29 is 5.11 Å². The van der Waals surface area contributed by atoms with Gasteiger partial charge < -0.3 is 5.11 Å². The first-order chi connectivity index (χ1) is 9.18. The quantitative estimate of drug-likeness (QED) is 0.882. The molecule has 0 spiro atoms. The fourth-order valence-electron chi connectivity index (χ4n) is 4.01. The van der Waals surface area contributed by atoms with E-state index in [2.05, 4.69) is 36.9 Å². The second-order valence-electron chi connectivity index (χ2n) is 6.44. The van der Waals surface area contributed by atoms with Crippen molar-refractivity contribution in [1.82, 2.24) is 4.90 Å². The number of nitrogens with zero attached hydrogens (tertiary/aromatic N) is 1. The molecular formula is C17H25NO. The van der Waals surface area contributed by atoms with E-state index in [1.165, 1.54) is 18.4 Å². The first kappa shape index (κ1) is 13.1. The van der Waals surface area contributed by atoms with Crippen molar-refractivity contribution in [1.29, 1.82) is 0 Å². The lowest BCUT2D eigenvalue weighted by Gasteiger charge is -2.40.